The molecule has 2 aliphatic heterocycles. The Morgan fingerprint density at radius 2 is 0.614 bits per heavy atom. The van der Waals surface area contributed by atoms with Crippen LogP contribution in [-0.4, -0.2) is 24.4 Å². The maximum atomic E-state index is 6.67. The first-order valence-electron chi connectivity index (χ1n) is 16.3. The molecule has 0 spiro atoms. The summed E-state index contributed by atoms with van der Waals surface area (Å²) >= 11 is 0. The van der Waals surface area contributed by atoms with Gasteiger partial charge < -0.3 is 28.4 Å². The zero-order valence-corrected chi connectivity index (χ0v) is 24.5. The molecule has 0 radical (unpaired) electrons. The number of hydrogen-bond acceptors (Lipinski definition) is 6. The second-order valence-corrected chi connectivity index (χ2v) is 13.2. The summed E-state index contributed by atoms with van der Waals surface area (Å²) in [5, 5.41) is 0. The van der Waals surface area contributed by atoms with E-state index in [2.05, 4.69) is 72.8 Å². The van der Waals surface area contributed by atoms with Gasteiger partial charge in [-0.1, -0.05) is 24.3 Å². The van der Waals surface area contributed by atoms with Crippen LogP contribution < -0.4 is 28.4 Å². The molecular weight excluding hydrogens is 552 g/mol. The van der Waals surface area contributed by atoms with Crippen LogP contribution in [0.1, 0.15) is 85.5 Å². The Kier molecular flexibility index (Phi) is 5.46. The SMILES string of the molecule is c1cc2c(cc1OC1CC1)Oc1cc(OC3CC3)ccc1C2C1c2ccc(OC3CC3)cc2Oc2cc(OC3CC3)ccc21. The Bertz CT molecular complexity index is 1520. The van der Waals surface area contributed by atoms with E-state index in [4.69, 9.17) is 28.4 Å². The van der Waals surface area contributed by atoms with Crippen molar-refractivity contribution < 1.29 is 28.4 Å². The van der Waals surface area contributed by atoms with Crippen LogP contribution in [0.3, 0.4) is 0 Å². The van der Waals surface area contributed by atoms with Crippen molar-refractivity contribution in [1.82, 2.24) is 0 Å². The van der Waals surface area contributed by atoms with Crippen molar-refractivity contribution in [3.63, 3.8) is 0 Å². The van der Waals surface area contributed by atoms with E-state index in [-0.39, 0.29) is 11.8 Å². The highest BCUT2D eigenvalue weighted by atomic mass is 16.5. The number of rotatable bonds is 9. The molecule has 0 unspecified atom stereocenters. The molecule has 4 saturated carbocycles. The van der Waals surface area contributed by atoms with E-state index < -0.39 is 0 Å². The van der Waals surface area contributed by atoms with Crippen LogP contribution in [0, 0.1) is 0 Å². The van der Waals surface area contributed by atoms with Gasteiger partial charge in [0.1, 0.15) is 46.0 Å². The summed E-state index contributed by atoms with van der Waals surface area (Å²) in [4.78, 5) is 0. The van der Waals surface area contributed by atoms with Crippen molar-refractivity contribution in [3.8, 4) is 46.0 Å². The standard InChI is InChI=1S/C38H34O6/c1-2-21(1)39-25-9-13-29-33(17-25)43-34-18-26(40-22-3-4-22)10-14-30(34)37(29)38-31-15-11-27(41-23-5-6-23)19-35(31)44-36-20-28(12-16-32(36)38)42-24-7-8-24/h9-24,37-38H,1-8H2. The monoisotopic (exact) mass is 586 g/mol. The first-order valence-corrected chi connectivity index (χ1v) is 16.3. The molecule has 0 N–H and O–H groups in total. The van der Waals surface area contributed by atoms with E-state index >= 15 is 0 Å². The number of benzene rings is 4. The minimum absolute atomic E-state index is 0.0227. The van der Waals surface area contributed by atoms with Crippen molar-refractivity contribution in [2.24, 2.45) is 0 Å². The minimum Gasteiger partial charge on any atom is -0.490 e. The molecule has 6 heteroatoms. The lowest BCUT2D eigenvalue weighted by atomic mass is 9.71. The van der Waals surface area contributed by atoms with E-state index in [1.54, 1.807) is 0 Å². The lowest BCUT2D eigenvalue weighted by Gasteiger charge is -2.38. The van der Waals surface area contributed by atoms with Crippen LogP contribution in [0.4, 0.5) is 0 Å². The molecule has 0 saturated heterocycles. The molecule has 222 valence electrons. The number of fused-ring (bicyclic) bond motifs is 4. The maximum Gasteiger partial charge on any atom is 0.134 e. The van der Waals surface area contributed by atoms with Crippen molar-refractivity contribution in [2.75, 3.05) is 0 Å². The number of ether oxygens (including phenoxy) is 6. The molecule has 4 aliphatic carbocycles. The predicted octanol–water partition coefficient (Wildman–Crippen LogP) is 9.03. The summed E-state index contributed by atoms with van der Waals surface area (Å²) in [7, 11) is 0. The van der Waals surface area contributed by atoms with Crippen LogP contribution in [0.25, 0.3) is 0 Å². The molecule has 2 heterocycles. The molecule has 0 bridgehead atoms. The minimum atomic E-state index is -0.0227. The first kappa shape index (κ1) is 25.1. The van der Waals surface area contributed by atoms with Gasteiger partial charge in [0.2, 0.25) is 0 Å². The van der Waals surface area contributed by atoms with Gasteiger partial charge in [0, 0.05) is 58.4 Å². The van der Waals surface area contributed by atoms with E-state index in [9.17, 15) is 0 Å². The van der Waals surface area contributed by atoms with Gasteiger partial charge in [-0.05, 0) is 75.6 Å². The molecule has 0 atom stereocenters. The average Bonchev–Trinajstić information content (AvgIpc) is 3.82. The van der Waals surface area contributed by atoms with Crippen molar-refractivity contribution in [1.29, 1.82) is 0 Å². The molecule has 10 rings (SSSR count). The Morgan fingerprint density at radius 1 is 0.364 bits per heavy atom. The molecule has 4 aromatic rings. The topological polar surface area (TPSA) is 55.4 Å². The lowest BCUT2D eigenvalue weighted by Crippen LogP contribution is -2.22. The van der Waals surface area contributed by atoms with Gasteiger partial charge in [-0.15, -0.1) is 0 Å². The van der Waals surface area contributed by atoms with E-state index in [0.29, 0.717) is 24.4 Å². The Labute approximate surface area is 256 Å². The van der Waals surface area contributed by atoms with Crippen LogP contribution in [-0.2, 0) is 0 Å². The third kappa shape index (κ3) is 4.72. The summed E-state index contributed by atoms with van der Waals surface area (Å²) in [5.74, 6) is 6.72. The van der Waals surface area contributed by atoms with Gasteiger partial charge in [0.05, 0.1) is 24.4 Å². The largest absolute Gasteiger partial charge is 0.490 e. The quantitative estimate of drug-likeness (QED) is 0.195. The zero-order valence-electron chi connectivity index (χ0n) is 24.5. The lowest BCUT2D eigenvalue weighted by molar-refractivity contribution is 0.297. The Hall–Kier alpha value is -4.32. The molecular formula is C38H34O6. The molecule has 4 fully saturated rings. The summed E-state index contributed by atoms with van der Waals surface area (Å²) in [6.45, 7) is 0. The smallest absolute Gasteiger partial charge is 0.134 e. The normalized spacial score (nSPS) is 20.3. The maximum absolute atomic E-state index is 6.67. The fourth-order valence-corrected chi connectivity index (χ4v) is 6.54. The number of hydrogen-bond donors (Lipinski definition) is 0. The van der Waals surface area contributed by atoms with E-state index in [1.807, 2.05) is 0 Å². The summed E-state index contributed by atoms with van der Waals surface area (Å²) in [5.41, 5.74) is 4.54. The highest BCUT2D eigenvalue weighted by molar-refractivity contribution is 5.65. The van der Waals surface area contributed by atoms with Crippen LogP contribution in [0.2, 0.25) is 0 Å². The predicted molar refractivity (Wildman–Crippen MR) is 164 cm³/mol. The highest BCUT2D eigenvalue weighted by Gasteiger charge is 2.41. The third-order valence-electron chi connectivity index (χ3n) is 9.36. The molecule has 0 amide bonds. The average molecular weight is 587 g/mol. The van der Waals surface area contributed by atoms with Gasteiger partial charge >= 0.3 is 0 Å². The van der Waals surface area contributed by atoms with Gasteiger partial charge in [-0.3, -0.25) is 0 Å². The van der Waals surface area contributed by atoms with Gasteiger partial charge in [0.15, 0.2) is 0 Å². The zero-order chi connectivity index (χ0) is 28.8. The fraction of sp³-hybridized carbons (Fsp3) is 0.368. The summed E-state index contributed by atoms with van der Waals surface area (Å²) < 4.78 is 38.2. The third-order valence-corrected chi connectivity index (χ3v) is 9.36. The van der Waals surface area contributed by atoms with Crippen LogP contribution in [0.15, 0.2) is 72.8 Å². The summed E-state index contributed by atoms with van der Waals surface area (Å²) in [6, 6.07) is 25.4. The van der Waals surface area contributed by atoms with Gasteiger partial charge in [0.25, 0.3) is 0 Å². The molecule has 6 nitrogen and oxygen atoms in total. The Morgan fingerprint density at radius 3 is 0.841 bits per heavy atom. The fourth-order valence-electron chi connectivity index (χ4n) is 6.54. The highest BCUT2D eigenvalue weighted by Crippen LogP contribution is 2.59. The molecule has 6 aliphatic rings. The molecule has 4 aromatic carbocycles. The van der Waals surface area contributed by atoms with E-state index in [1.165, 1.54) is 0 Å². The van der Waals surface area contributed by atoms with Gasteiger partial charge in [-0.2, -0.15) is 0 Å². The summed E-state index contributed by atoms with van der Waals surface area (Å²) in [6.07, 6.45) is 10.1. The van der Waals surface area contributed by atoms with E-state index in [0.717, 1.165) is 120 Å². The van der Waals surface area contributed by atoms with Crippen molar-refractivity contribution in [2.45, 2.75) is 87.6 Å². The van der Waals surface area contributed by atoms with Crippen molar-refractivity contribution >= 4 is 0 Å². The van der Waals surface area contributed by atoms with Gasteiger partial charge in [-0.25, -0.2) is 0 Å². The first-order chi connectivity index (χ1) is 21.7. The Balaban J connectivity index is 1.12. The van der Waals surface area contributed by atoms with Crippen LogP contribution >= 0.6 is 0 Å². The second kappa shape index (κ2) is 9.59. The second-order valence-electron chi connectivity index (χ2n) is 13.2. The molecule has 0 aromatic heterocycles. The van der Waals surface area contributed by atoms with Crippen molar-refractivity contribution in [3.05, 3.63) is 95.1 Å². The molecule has 44 heavy (non-hydrogen) atoms. The van der Waals surface area contributed by atoms with Crippen LogP contribution in [0.5, 0.6) is 46.0 Å².